The maximum absolute atomic E-state index is 11.9. The van der Waals surface area contributed by atoms with E-state index in [9.17, 15) is 4.79 Å². The van der Waals surface area contributed by atoms with E-state index in [2.05, 4.69) is 4.98 Å². The number of carbonyl (C=O) groups excluding carboxylic acids is 1. The van der Waals surface area contributed by atoms with Crippen LogP contribution in [0.2, 0.25) is 5.02 Å². The van der Waals surface area contributed by atoms with Crippen LogP contribution in [0.1, 0.15) is 11.3 Å². The van der Waals surface area contributed by atoms with Crippen molar-refractivity contribution in [2.24, 2.45) is 0 Å². The topological polar surface area (TPSA) is 57.7 Å². The standard InChI is InChI=1S/C21H18ClNO4S/c1-25-18-9-7-15(11-19(18)26-2)21-23-16(13-28-21)12-27-20(24)10-8-14-5-3-4-6-17(14)22/h3-11,13H,12H2,1-2H3/b10-8+. The van der Waals surface area contributed by atoms with Gasteiger partial charge in [0.2, 0.25) is 0 Å². The van der Waals surface area contributed by atoms with E-state index in [0.717, 1.165) is 16.1 Å². The lowest BCUT2D eigenvalue weighted by molar-refractivity contribution is -0.139. The van der Waals surface area contributed by atoms with E-state index >= 15 is 0 Å². The summed E-state index contributed by atoms with van der Waals surface area (Å²) in [7, 11) is 3.18. The molecule has 0 aliphatic carbocycles. The minimum Gasteiger partial charge on any atom is -0.493 e. The van der Waals surface area contributed by atoms with Gasteiger partial charge in [-0.25, -0.2) is 9.78 Å². The lowest BCUT2D eigenvalue weighted by Gasteiger charge is -2.08. The van der Waals surface area contributed by atoms with E-state index in [0.29, 0.717) is 22.2 Å². The van der Waals surface area contributed by atoms with Gasteiger partial charge in [-0.05, 0) is 35.9 Å². The quantitative estimate of drug-likeness (QED) is 0.390. The lowest BCUT2D eigenvalue weighted by atomic mass is 10.2. The van der Waals surface area contributed by atoms with Crippen molar-refractivity contribution in [3.63, 3.8) is 0 Å². The molecule has 0 unspecified atom stereocenters. The highest BCUT2D eigenvalue weighted by atomic mass is 35.5. The molecule has 0 aliphatic rings. The summed E-state index contributed by atoms with van der Waals surface area (Å²) in [5.74, 6) is 0.829. The number of carbonyl (C=O) groups is 1. The van der Waals surface area contributed by atoms with Crippen LogP contribution in [0.25, 0.3) is 16.6 Å². The predicted octanol–water partition coefficient (Wildman–Crippen LogP) is 5.24. The molecule has 7 heteroatoms. The van der Waals surface area contributed by atoms with Crippen LogP contribution in [-0.2, 0) is 16.1 Å². The van der Waals surface area contributed by atoms with E-state index in [1.54, 1.807) is 26.4 Å². The number of thiazole rings is 1. The van der Waals surface area contributed by atoms with Gasteiger partial charge >= 0.3 is 5.97 Å². The van der Waals surface area contributed by atoms with E-state index in [-0.39, 0.29) is 6.61 Å². The normalized spacial score (nSPS) is 10.8. The third-order valence-electron chi connectivity index (χ3n) is 3.85. The molecule has 2 aromatic carbocycles. The molecule has 3 rings (SSSR count). The summed E-state index contributed by atoms with van der Waals surface area (Å²) in [6.45, 7) is 0.0927. The molecule has 1 aromatic heterocycles. The van der Waals surface area contributed by atoms with Gasteiger partial charge in [0.05, 0.1) is 19.9 Å². The number of nitrogens with zero attached hydrogens (tertiary/aromatic N) is 1. The lowest BCUT2D eigenvalue weighted by Crippen LogP contribution is -2.01. The molecule has 0 saturated carbocycles. The van der Waals surface area contributed by atoms with Gasteiger partial charge in [0.1, 0.15) is 11.6 Å². The molecule has 0 bridgehead atoms. The fraction of sp³-hybridized carbons (Fsp3) is 0.143. The van der Waals surface area contributed by atoms with Crippen molar-refractivity contribution in [1.29, 1.82) is 0 Å². The van der Waals surface area contributed by atoms with Gasteiger partial charge in [0, 0.05) is 22.0 Å². The van der Waals surface area contributed by atoms with Crippen LogP contribution in [0.4, 0.5) is 0 Å². The summed E-state index contributed by atoms with van der Waals surface area (Å²) in [4.78, 5) is 16.4. The minimum absolute atomic E-state index is 0.0927. The number of benzene rings is 2. The van der Waals surface area contributed by atoms with E-state index < -0.39 is 5.97 Å². The molecule has 0 amide bonds. The van der Waals surface area contributed by atoms with Gasteiger partial charge in [0.15, 0.2) is 11.5 Å². The first kappa shape index (κ1) is 19.9. The smallest absolute Gasteiger partial charge is 0.331 e. The molecule has 3 aromatic rings. The van der Waals surface area contributed by atoms with Crippen LogP contribution in [-0.4, -0.2) is 25.2 Å². The van der Waals surface area contributed by atoms with Crippen LogP contribution in [0, 0.1) is 0 Å². The Labute approximate surface area is 172 Å². The van der Waals surface area contributed by atoms with Crippen LogP contribution >= 0.6 is 22.9 Å². The number of rotatable bonds is 7. The van der Waals surface area contributed by atoms with Crippen molar-refractivity contribution in [3.8, 4) is 22.1 Å². The van der Waals surface area contributed by atoms with Crippen molar-refractivity contribution in [2.45, 2.75) is 6.61 Å². The largest absolute Gasteiger partial charge is 0.493 e. The number of methoxy groups -OCH3 is 2. The molecular formula is C21H18ClNO4S. The number of halogens is 1. The number of ether oxygens (including phenoxy) is 3. The second-order valence-corrected chi connectivity index (χ2v) is 6.94. The molecular weight excluding hydrogens is 398 g/mol. The third kappa shape index (κ3) is 4.91. The van der Waals surface area contributed by atoms with E-state index in [1.165, 1.54) is 17.4 Å². The highest BCUT2D eigenvalue weighted by Crippen LogP contribution is 2.33. The van der Waals surface area contributed by atoms with Gasteiger partial charge in [-0.3, -0.25) is 0 Å². The summed E-state index contributed by atoms with van der Waals surface area (Å²) in [6, 6.07) is 12.9. The fourth-order valence-electron chi connectivity index (χ4n) is 2.44. The molecule has 1 heterocycles. The highest BCUT2D eigenvalue weighted by molar-refractivity contribution is 7.13. The second-order valence-electron chi connectivity index (χ2n) is 5.68. The van der Waals surface area contributed by atoms with Crippen molar-refractivity contribution in [3.05, 3.63) is 70.2 Å². The molecule has 0 saturated heterocycles. The average molecular weight is 416 g/mol. The molecule has 0 N–H and O–H groups in total. The molecule has 5 nitrogen and oxygen atoms in total. The van der Waals surface area contributed by atoms with Gasteiger partial charge in [-0.15, -0.1) is 11.3 Å². The molecule has 0 fully saturated rings. The first-order chi connectivity index (χ1) is 13.6. The van der Waals surface area contributed by atoms with Crippen LogP contribution in [0.15, 0.2) is 53.9 Å². The monoisotopic (exact) mass is 415 g/mol. The van der Waals surface area contributed by atoms with Crippen molar-refractivity contribution < 1.29 is 19.0 Å². The van der Waals surface area contributed by atoms with Crippen molar-refractivity contribution in [2.75, 3.05) is 14.2 Å². The Hall–Kier alpha value is -2.83. The summed E-state index contributed by atoms with van der Waals surface area (Å²) in [5, 5.41) is 3.24. The van der Waals surface area contributed by atoms with Crippen LogP contribution < -0.4 is 9.47 Å². The predicted molar refractivity (Wildman–Crippen MR) is 111 cm³/mol. The molecule has 0 aliphatic heterocycles. The van der Waals surface area contributed by atoms with Gasteiger partial charge in [0.25, 0.3) is 0 Å². The number of aromatic nitrogens is 1. The first-order valence-corrected chi connectivity index (χ1v) is 9.62. The minimum atomic E-state index is -0.458. The van der Waals surface area contributed by atoms with E-state index in [4.69, 9.17) is 25.8 Å². The third-order valence-corrected chi connectivity index (χ3v) is 5.13. The van der Waals surface area contributed by atoms with Crippen LogP contribution in [0.5, 0.6) is 11.5 Å². The Morgan fingerprint density at radius 3 is 2.68 bits per heavy atom. The molecule has 0 radical (unpaired) electrons. The summed E-state index contributed by atoms with van der Waals surface area (Å²) >= 11 is 7.52. The van der Waals surface area contributed by atoms with Crippen LogP contribution in [0.3, 0.4) is 0 Å². The summed E-state index contributed by atoms with van der Waals surface area (Å²) in [5.41, 5.74) is 2.33. The molecule has 0 spiro atoms. The van der Waals surface area contributed by atoms with Crippen molar-refractivity contribution in [1.82, 2.24) is 4.98 Å². The van der Waals surface area contributed by atoms with Crippen molar-refractivity contribution >= 4 is 35.0 Å². The molecule has 0 atom stereocenters. The Balaban J connectivity index is 1.62. The fourth-order valence-corrected chi connectivity index (χ4v) is 3.44. The summed E-state index contributed by atoms with van der Waals surface area (Å²) in [6.07, 6.45) is 2.98. The number of hydrogen-bond donors (Lipinski definition) is 0. The highest BCUT2D eigenvalue weighted by Gasteiger charge is 2.10. The Morgan fingerprint density at radius 2 is 1.93 bits per heavy atom. The molecule has 28 heavy (non-hydrogen) atoms. The zero-order valence-electron chi connectivity index (χ0n) is 15.3. The van der Waals surface area contributed by atoms with Gasteiger partial charge in [-0.1, -0.05) is 29.8 Å². The maximum atomic E-state index is 11.9. The summed E-state index contributed by atoms with van der Waals surface area (Å²) < 4.78 is 15.8. The maximum Gasteiger partial charge on any atom is 0.331 e. The first-order valence-electron chi connectivity index (χ1n) is 8.37. The Kier molecular flexibility index (Phi) is 6.68. The Bertz CT molecular complexity index is 1000. The average Bonchev–Trinajstić information content (AvgIpc) is 3.20. The zero-order chi connectivity index (χ0) is 19.9. The number of hydrogen-bond acceptors (Lipinski definition) is 6. The SMILES string of the molecule is COc1ccc(-c2nc(COC(=O)/C=C/c3ccccc3Cl)cs2)cc1OC. The number of esters is 1. The second kappa shape index (κ2) is 9.39. The zero-order valence-corrected chi connectivity index (χ0v) is 16.9. The molecule has 144 valence electrons. The van der Waals surface area contributed by atoms with Gasteiger partial charge in [-0.2, -0.15) is 0 Å². The van der Waals surface area contributed by atoms with E-state index in [1.807, 2.05) is 41.8 Å². The van der Waals surface area contributed by atoms with Gasteiger partial charge < -0.3 is 14.2 Å². The Morgan fingerprint density at radius 1 is 1.14 bits per heavy atom.